The SMILES string of the molecule is CCCC1CCN(Cc2ccc(F)c(/C=C/C(=O)O)c2)C1. The molecule has 4 heteroatoms. The van der Waals surface area contributed by atoms with Gasteiger partial charge < -0.3 is 5.11 Å². The molecule has 0 saturated carbocycles. The Bertz CT molecular complexity index is 528. The van der Waals surface area contributed by atoms with Crippen molar-refractivity contribution in [1.29, 1.82) is 0 Å². The number of rotatable bonds is 6. The lowest BCUT2D eigenvalue weighted by Gasteiger charge is -2.16. The molecule has 0 spiro atoms. The first-order valence-electron chi connectivity index (χ1n) is 7.50. The number of likely N-dealkylation sites (tertiary alicyclic amines) is 1. The Kier molecular flexibility index (Phi) is 5.51. The fourth-order valence-corrected chi connectivity index (χ4v) is 2.94. The van der Waals surface area contributed by atoms with Crippen molar-refractivity contribution in [3.63, 3.8) is 0 Å². The molecule has 21 heavy (non-hydrogen) atoms. The summed E-state index contributed by atoms with van der Waals surface area (Å²) < 4.78 is 13.6. The zero-order valence-corrected chi connectivity index (χ0v) is 12.4. The molecule has 114 valence electrons. The molecule has 1 aromatic rings. The van der Waals surface area contributed by atoms with E-state index < -0.39 is 5.97 Å². The van der Waals surface area contributed by atoms with E-state index in [1.807, 2.05) is 0 Å². The average Bonchev–Trinajstić information content (AvgIpc) is 2.87. The predicted octanol–water partition coefficient (Wildman–Crippen LogP) is 3.55. The van der Waals surface area contributed by atoms with Crippen LogP contribution in [-0.2, 0) is 11.3 Å². The lowest BCUT2D eigenvalue weighted by Crippen LogP contribution is -2.20. The minimum absolute atomic E-state index is 0.333. The van der Waals surface area contributed by atoms with Crippen LogP contribution in [0.15, 0.2) is 24.3 Å². The van der Waals surface area contributed by atoms with Gasteiger partial charge in [0.2, 0.25) is 0 Å². The third-order valence-electron chi connectivity index (χ3n) is 3.94. The number of halogens is 1. The standard InChI is InChI=1S/C17H22FNO2/c1-2-3-13-8-9-19(11-13)12-14-4-6-16(18)15(10-14)5-7-17(20)21/h4-7,10,13H,2-3,8-9,11-12H2,1H3,(H,20,21)/b7-5+. The van der Waals surface area contributed by atoms with Gasteiger partial charge in [0.15, 0.2) is 0 Å². The van der Waals surface area contributed by atoms with Crippen LogP contribution >= 0.6 is 0 Å². The van der Waals surface area contributed by atoms with E-state index in [2.05, 4.69) is 11.8 Å². The first-order chi connectivity index (χ1) is 10.1. The minimum Gasteiger partial charge on any atom is -0.478 e. The first-order valence-corrected chi connectivity index (χ1v) is 7.50. The molecule has 1 atom stereocenters. The van der Waals surface area contributed by atoms with Gasteiger partial charge in [-0.1, -0.05) is 19.4 Å². The van der Waals surface area contributed by atoms with Crippen molar-refractivity contribution in [2.75, 3.05) is 13.1 Å². The largest absolute Gasteiger partial charge is 0.478 e. The predicted molar refractivity (Wildman–Crippen MR) is 81.4 cm³/mol. The Labute approximate surface area is 125 Å². The lowest BCUT2D eigenvalue weighted by atomic mass is 10.0. The molecule has 1 saturated heterocycles. The van der Waals surface area contributed by atoms with Gasteiger partial charge in [0.05, 0.1) is 0 Å². The highest BCUT2D eigenvalue weighted by Gasteiger charge is 2.21. The third kappa shape index (κ3) is 4.67. The van der Waals surface area contributed by atoms with E-state index in [0.29, 0.717) is 5.56 Å². The van der Waals surface area contributed by atoms with E-state index in [1.54, 1.807) is 12.1 Å². The number of carboxylic acids is 1. The third-order valence-corrected chi connectivity index (χ3v) is 3.94. The van der Waals surface area contributed by atoms with E-state index in [0.717, 1.165) is 37.2 Å². The van der Waals surface area contributed by atoms with Crippen molar-refractivity contribution in [3.05, 3.63) is 41.2 Å². The molecule has 3 nitrogen and oxygen atoms in total. The normalized spacial score (nSPS) is 19.4. The van der Waals surface area contributed by atoms with Gasteiger partial charge in [0.25, 0.3) is 0 Å². The summed E-state index contributed by atoms with van der Waals surface area (Å²) in [6.07, 6.45) is 6.01. The fraction of sp³-hybridized carbons (Fsp3) is 0.471. The number of hydrogen-bond donors (Lipinski definition) is 1. The highest BCUT2D eigenvalue weighted by molar-refractivity contribution is 5.85. The van der Waals surface area contributed by atoms with Crippen LogP contribution in [0.5, 0.6) is 0 Å². The molecule has 0 aromatic heterocycles. The topological polar surface area (TPSA) is 40.5 Å². The molecule has 1 unspecified atom stereocenters. The number of carbonyl (C=O) groups is 1. The van der Waals surface area contributed by atoms with Crippen LogP contribution in [-0.4, -0.2) is 29.1 Å². The van der Waals surface area contributed by atoms with E-state index in [1.165, 1.54) is 31.4 Å². The van der Waals surface area contributed by atoms with Gasteiger partial charge in [0.1, 0.15) is 5.82 Å². The van der Waals surface area contributed by atoms with Crippen LogP contribution in [0.4, 0.5) is 4.39 Å². The van der Waals surface area contributed by atoms with E-state index in [4.69, 9.17) is 5.11 Å². The van der Waals surface area contributed by atoms with Crippen LogP contribution in [0.2, 0.25) is 0 Å². The van der Waals surface area contributed by atoms with E-state index in [-0.39, 0.29) is 5.82 Å². The number of carboxylic acid groups (broad SMARTS) is 1. The molecule has 1 aromatic carbocycles. The smallest absolute Gasteiger partial charge is 0.328 e. The Hall–Kier alpha value is -1.68. The molecule has 0 bridgehead atoms. The van der Waals surface area contributed by atoms with Gasteiger partial charge in [-0.05, 0) is 49.1 Å². The fourth-order valence-electron chi connectivity index (χ4n) is 2.94. The summed E-state index contributed by atoms with van der Waals surface area (Å²) in [5.74, 6) is -0.676. The molecule has 1 aliphatic rings. The molecule has 1 aliphatic heterocycles. The van der Waals surface area contributed by atoms with Crippen molar-refractivity contribution in [2.45, 2.75) is 32.7 Å². The summed E-state index contributed by atoms with van der Waals surface area (Å²) in [5.41, 5.74) is 1.36. The van der Waals surface area contributed by atoms with Crippen LogP contribution in [0.1, 0.15) is 37.3 Å². The molecular weight excluding hydrogens is 269 g/mol. The Morgan fingerprint density at radius 3 is 3.05 bits per heavy atom. The van der Waals surface area contributed by atoms with E-state index >= 15 is 0 Å². The molecule has 1 N–H and O–H groups in total. The number of aliphatic carboxylic acids is 1. The molecule has 0 radical (unpaired) electrons. The van der Waals surface area contributed by atoms with Gasteiger partial charge in [-0.25, -0.2) is 9.18 Å². The average molecular weight is 291 g/mol. The van der Waals surface area contributed by atoms with Crippen molar-refractivity contribution >= 4 is 12.0 Å². The number of benzene rings is 1. The van der Waals surface area contributed by atoms with Gasteiger partial charge in [-0.3, -0.25) is 4.90 Å². The summed E-state index contributed by atoms with van der Waals surface area (Å²) in [6, 6.07) is 4.93. The van der Waals surface area contributed by atoms with Crippen molar-refractivity contribution in [1.82, 2.24) is 4.90 Å². The Morgan fingerprint density at radius 2 is 2.33 bits per heavy atom. The maximum Gasteiger partial charge on any atom is 0.328 e. The second kappa shape index (κ2) is 7.36. The van der Waals surface area contributed by atoms with Crippen LogP contribution in [0.3, 0.4) is 0 Å². The zero-order valence-electron chi connectivity index (χ0n) is 12.4. The molecule has 0 aliphatic carbocycles. The maximum absolute atomic E-state index is 13.6. The Morgan fingerprint density at radius 1 is 1.52 bits per heavy atom. The first kappa shape index (κ1) is 15.7. The maximum atomic E-state index is 13.6. The lowest BCUT2D eigenvalue weighted by molar-refractivity contribution is -0.131. The second-order valence-electron chi connectivity index (χ2n) is 5.71. The molecule has 1 heterocycles. The second-order valence-corrected chi connectivity index (χ2v) is 5.71. The monoisotopic (exact) mass is 291 g/mol. The summed E-state index contributed by atoms with van der Waals surface area (Å²) in [4.78, 5) is 12.9. The van der Waals surface area contributed by atoms with Crippen molar-refractivity contribution < 1.29 is 14.3 Å². The van der Waals surface area contributed by atoms with Crippen LogP contribution in [0, 0.1) is 11.7 Å². The molecule has 2 rings (SSSR count). The Balaban J connectivity index is 2.01. The van der Waals surface area contributed by atoms with Gasteiger partial charge in [0, 0.05) is 24.7 Å². The van der Waals surface area contributed by atoms with Crippen molar-refractivity contribution in [3.8, 4) is 0 Å². The number of hydrogen-bond acceptors (Lipinski definition) is 2. The zero-order chi connectivity index (χ0) is 15.2. The van der Waals surface area contributed by atoms with Crippen LogP contribution in [0.25, 0.3) is 6.08 Å². The summed E-state index contributed by atoms with van der Waals surface area (Å²) >= 11 is 0. The van der Waals surface area contributed by atoms with Crippen molar-refractivity contribution in [2.24, 2.45) is 5.92 Å². The quantitative estimate of drug-likeness (QED) is 0.815. The van der Waals surface area contributed by atoms with Gasteiger partial charge in [-0.15, -0.1) is 0 Å². The molecule has 1 fully saturated rings. The van der Waals surface area contributed by atoms with Gasteiger partial charge >= 0.3 is 5.97 Å². The highest BCUT2D eigenvalue weighted by atomic mass is 19.1. The van der Waals surface area contributed by atoms with Crippen LogP contribution < -0.4 is 0 Å². The summed E-state index contributed by atoms with van der Waals surface area (Å²) in [7, 11) is 0. The number of nitrogens with zero attached hydrogens (tertiary/aromatic N) is 1. The molecular formula is C17H22FNO2. The highest BCUT2D eigenvalue weighted by Crippen LogP contribution is 2.23. The minimum atomic E-state index is -1.07. The molecule has 0 amide bonds. The summed E-state index contributed by atoms with van der Waals surface area (Å²) in [5, 5.41) is 8.63. The summed E-state index contributed by atoms with van der Waals surface area (Å²) in [6.45, 7) is 5.20. The van der Waals surface area contributed by atoms with Gasteiger partial charge in [-0.2, -0.15) is 0 Å². The van der Waals surface area contributed by atoms with E-state index in [9.17, 15) is 9.18 Å².